The van der Waals surface area contributed by atoms with Gasteiger partial charge in [0.05, 0.1) is 17.9 Å². The highest BCUT2D eigenvalue weighted by Gasteiger charge is 2.46. The van der Waals surface area contributed by atoms with Gasteiger partial charge in [-0.1, -0.05) is 41.3 Å². The van der Waals surface area contributed by atoms with Gasteiger partial charge in [-0.25, -0.2) is 9.97 Å². The molecule has 1 atom stereocenters. The fourth-order valence-electron chi connectivity index (χ4n) is 5.55. The molecule has 1 spiro atoms. The molecule has 1 aromatic carbocycles. The molecule has 1 saturated heterocycles. The van der Waals surface area contributed by atoms with Crippen molar-refractivity contribution in [3.05, 3.63) is 52.5 Å². The predicted octanol–water partition coefficient (Wildman–Crippen LogP) is 5.86. The number of fused-ring (bicyclic) bond motifs is 2. The summed E-state index contributed by atoms with van der Waals surface area (Å²) in [6.45, 7) is 7.70. The number of nitrogens with two attached hydrogens (primary N) is 2. The van der Waals surface area contributed by atoms with Gasteiger partial charge in [-0.05, 0) is 172 Å². The Morgan fingerprint density at radius 1 is 0.815 bits per heavy atom. The molecule has 5 N–H and O–H groups in total. The van der Waals surface area contributed by atoms with Crippen LogP contribution in [0.3, 0.4) is 0 Å². The fraction of sp³-hybridized carbons (Fsp3) is 0.268. The second-order valence-electron chi connectivity index (χ2n) is 10.9. The third-order valence-electron chi connectivity index (χ3n) is 7.85. The summed E-state index contributed by atoms with van der Waals surface area (Å²) < 4.78 is 0. The van der Waals surface area contributed by atoms with Crippen LogP contribution in [0.15, 0.2) is 55.4 Å². The van der Waals surface area contributed by atoms with Crippen molar-refractivity contribution in [2.24, 2.45) is 48.1 Å². The van der Waals surface area contributed by atoms with Gasteiger partial charge in [0.25, 0.3) is 0 Å². The van der Waals surface area contributed by atoms with Gasteiger partial charge in [-0.2, -0.15) is 10.8 Å². The number of nitrogens with one attached hydrogen (secondary N) is 1. The van der Waals surface area contributed by atoms with Gasteiger partial charge in [0.2, 0.25) is 0 Å². The van der Waals surface area contributed by atoms with Crippen molar-refractivity contribution in [2.45, 2.75) is 52.6 Å². The summed E-state index contributed by atoms with van der Waals surface area (Å²) in [5.41, 5.74) is 18.3. The van der Waals surface area contributed by atoms with Gasteiger partial charge in [-0.15, -0.1) is 0 Å². The van der Waals surface area contributed by atoms with E-state index in [2.05, 4.69) is 184 Å². The van der Waals surface area contributed by atoms with E-state index in [0.717, 1.165) is 49.6 Å². The Bertz CT molecular complexity index is 2410. The Labute approximate surface area is 325 Å². The largest absolute Gasteiger partial charge is 0.355 e. The zero-order valence-electron chi connectivity index (χ0n) is 29.8. The topological polar surface area (TPSA) is 203 Å². The van der Waals surface area contributed by atoms with Crippen LogP contribution in [-0.4, -0.2) is 28.8 Å². The Morgan fingerprint density at radius 3 is 1.83 bits per heavy atom. The highest BCUT2D eigenvalue weighted by Crippen LogP contribution is 2.51. The monoisotopic (exact) mass is 719 g/mol. The summed E-state index contributed by atoms with van der Waals surface area (Å²) in [7, 11) is 0. The smallest absolute Gasteiger partial charge is 0.163 e. The number of aliphatic imine (C=N–C) groups is 1. The number of nitrogens with zero attached hydrogens (tertiary/aromatic N) is 10. The summed E-state index contributed by atoms with van der Waals surface area (Å²) in [4.78, 5) is 16.0. The zero-order valence-corrected chi connectivity index (χ0v) is 29.8. The number of aromatic nitrogens is 2. The van der Waals surface area contributed by atoms with Gasteiger partial charge in [0.1, 0.15) is 17.6 Å². The van der Waals surface area contributed by atoms with E-state index in [1.807, 2.05) is 6.92 Å². The number of piperidine rings is 1. The van der Waals surface area contributed by atoms with E-state index < -0.39 is 0 Å². The molecule has 3 heterocycles. The minimum absolute atomic E-state index is 0. The summed E-state index contributed by atoms with van der Waals surface area (Å²) in [6.07, 6.45) is 3.19. The summed E-state index contributed by atoms with van der Waals surface area (Å²) in [5, 5.41) is 22.7. The summed E-state index contributed by atoms with van der Waals surface area (Å²) in [6, 6.07) is 10.8. The van der Waals surface area contributed by atoms with Crippen LogP contribution >= 0.6 is 0 Å². The molecule has 1 fully saturated rings. The lowest BCUT2D eigenvalue weighted by atomic mass is 9.73. The van der Waals surface area contributed by atoms with E-state index in [9.17, 15) is 0 Å². The number of hydrogen-bond acceptors (Lipinski definition) is 8. The highest BCUT2D eigenvalue weighted by molar-refractivity contribution is 6.12. The number of hydrogen-bond donors (Lipinski definition) is 3. The second-order valence-corrected chi connectivity index (χ2v) is 10.9. The minimum atomic E-state index is 0. The number of aryl methyl sites for hydroxylation is 1. The Kier molecular flexibility index (Phi) is 16.8. The quantitative estimate of drug-likeness (QED) is 0.153. The van der Waals surface area contributed by atoms with Crippen molar-refractivity contribution in [3.63, 3.8) is 0 Å². The second kappa shape index (κ2) is 22.6. The van der Waals surface area contributed by atoms with Gasteiger partial charge in [-0.3, -0.25) is 4.99 Å². The number of benzene rings is 1. The van der Waals surface area contributed by atoms with Gasteiger partial charge in [0.15, 0.2) is 5.71 Å². The maximum Gasteiger partial charge on any atom is 0.163 e. The summed E-state index contributed by atoms with van der Waals surface area (Å²) >= 11 is 0. The van der Waals surface area contributed by atoms with Crippen molar-refractivity contribution in [2.75, 3.05) is 18.0 Å². The molecule has 1 aromatic heterocycles. The van der Waals surface area contributed by atoms with Gasteiger partial charge < -0.3 is 16.5 Å². The molecule has 0 bridgehead atoms. The van der Waals surface area contributed by atoms with Crippen molar-refractivity contribution in [1.29, 1.82) is 10.8 Å². The van der Waals surface area contributed by atoms with Crippen molar-refractivity contribution < 1.29 is 9.99 Å². The predicted molar refractivity (Wildman–Crippen MR) is 219 cm³/mol. The normalized spacial score (nSPS) is 14.0. The molecular weight excluding hydrogens is 675 g/mol. The standard InChI is InChI=1S/C21H22N6.C20H6.H3N7.7H2/c1-13-20(26-17-12-24-16(11-22)18(17)25-13)27-8-6-21(7-9-27)10-14-4-2-3-5-15(14)19(21)23;1-3-5-7-9-11-13-15-17-19-20-18-16-14-12-10-8-6-4-2;1-3-5-7-6-4-2;;;;;;;/h2-5,19H,6-10,12,23H2,1H3;1-2H3;(H3,1,2,5,6);7*1H/t19-;;;;;;;;;/m1........./s1. The molecule has 13 heteroatoms. The molecule has 13 nitrogen and oxygen atoms in total. The highest BCUT2D eigenvalue weighted by atomic mass is 15.6. The Hall–Kier alpha value is -8.14. The zero-order chi connectivity index (χ0) is 38.9. The fourth-order valence-corrected chi connectivity index (χ4v) is 5.55. The Balaban J connectivity index is -0.000000277. The van der Waals surface area contributed by atoms with Crippen LogP contribution in [0.1, 0.15) is 70.9 Å². The van der Waals surface area contributed by atoms with E-state index >= 15 is 0 Å². The number of rotatable bonds is 3. The van der Waals surface area contributed by atoms with E-state index in [-0.39, 0.29) is 21.4 Å². The van der Waals surface area contributed by atoms with E-state index in [0.29, 0.717) is 18.0 Å². The molecule has 1 aliphatic carbocycles. The maximum absolute atomic E-state index is 9.17. The minimum Gasteiger partial charge on any atom is -0.355 e. The molecular formula is C41H45N13. The van der Waals surface area contributed by atoms with Crippen molar-refractivity contribution in [1.82, 2.24) is 9.97 Å². The van der Waals surface area contributed by atoms with Crippen molar-refractivity contribution in [3.8, 4) is 113 Å². The first kappa shape index (κ1) is 40.3. The molecule has 2 aromatic rings. The van der Waals surface area contributed by atoms with Crippen LogP contribution in [0.5, 0.6) is 0 Å². The SMILES string of the molecule is CC#CC#CC#CC#CC#CC#CC#CC#CC#CC.Cc1nc2c(nc1N1CCC3(CC1)Cc1ccccc1[C@H]3N)CN=C2C#N.N=N/N=N/N=N/N.[HH].[HH].[HH].[HH].[HH].[HH].[HH]. The third-order valence-corrected chi connectivity index (χ3v) is 7.85. The van der Waals surface area contributed by atoms with Crippen LogP contribution < -0.4 is 16.5 Å². The van der Waals surface area contributed by atoms with E-state index in [1.165, 1.54) is 11.1 Å². The first-order chi connectivity index (χ1) is 26.4. The average Bonchev–Trinajstić information content (AvgIpc) is 3.72. The number of nitriles is 1. The molecule has 2 aliphatic heterocycles. The van der Waals surface area contributed by atoms with Crippen LogP contribution in [0, 0.1) is 136 Å². The summed E-state index contributed by atoms with van der Waals surface area (Å²) in [5.74, 6) is 51.0. The van der Waals surface area contributed by atoms with Crippen molar-refractivity contribution >= 4 is 11.5 Å². The van der Waals surface area contributed by atoms with E-state index in [1.54, 1.807) is 13.8 Å². The molecule has 54 heavy (non-hydrogen) atoms. The van der Waals surface area contributed by atoms with Crippen LogP contribution in [-0.2, 0) is 13.0 Å². The molecule has 0 radical (unpaired) electrons. The van der Waals surface area contributed by atoms with Crippen LogP contribution in [0.2, 0.25) is 0 Å². The lowest BCUT2D eigenvalue weighted by Gasteiger charge is -2.42. The molecule has 5 rings (SSSR count). The Morgan fingerprint density at radius 2 is 1.35 bits per heavy atom. The maximum atomic E-state index is 9.17. The average molecular weight is 720 g/mol. The van der Waals surface area contributed by atoms with Crippen LogP contribution in [0.4, 0.5) is 5.82 Å². The first-order valence-corrected chi connectivity index (χ1v) is 16.1. The first-order valence-electron chi connectivity index (χ1n) is 16.1. The third kappa shape index (κ3) is 12.0. The molecule has 0 amide bonds. The lowest BCUT2D eigenvalue weighted by molar-refractivity contribution is 0.187. The van der Waals surface area contributed by atoms with Gasteiger partial charge >= 0.3 is 0 Å². The molecule has 3 aliphatic rings. The lowest BCUT2D eigenvalue weighted by Crippen LogP contribution is -2.45. The molecule has 0 unspecified atom stereocenters. The molecule has 0 saturated carbocycles. The molecule has 274 valence electrons. The number of anilines is 1. The van der Waals surface area contributed by atoms with E-state index in [4.69, 9.17) is 21.5 Å². The van der Waals surface area contributed by atoms with Gasteiger partial charge in [0, 0.05) is 29.1 Å². The van der Waals surface area contributed by atoms with Crippen LogP contribution in [0.25, 0.3) is 0 Å².